The van der Waals surface area contributed by atoms with Gasteiger partial charge in [-0.3, -0.25) is 4.40 Å². The highest BCUT2D eigenvalue weighted by molar-refractivity contribution is 5.86. The second-order valence-electron chi connectivity index (χ2n) is 6.98. The van der Waals surface area contributed by atoms with Crippen LogP contribution in [0.2, 0.25) is 0 Å². The summed E-state index contributed by atoms with van der Waals surface area (Å²) in [7, 11) is 4.72. The van der Waals surface area contributed by atoms with Gasteiger partial charge in [0, 0.05) is 18.0 Å². The van der Waals surface area contributed by atoms with Crippen molar-refractivity contribution in [2.45, 2.75) is 6.92 Å². The number of imidazole rings is 1. The van der Waals surface area contributed by atoms with Gasteiger partial charge in [-0.2, -0.15) is 0 Å². The van der Waals surface area contributed by atoms with Gasteiger partial charge in [0.05, 0.1) is 21.3 Å². The third-order valence-electron chi connectivity index (χ3n) is 4.95. The summed E-state index contributed by atoms with van der Waals surface area (Å²) in [5.41, 5.74) is 4.20. The van der Waals surface area contributed by atoms with Crippen LogP contribution in [0.25, 0.3) is 16.9 Å². The van der Waals surface area contributed by atoms with Gasteiger partial charge in [-0.1, -0.05) is 0 Å². The standard InChI is InChI=1S/C24H23N3O4/c1-15-9-10-27-22(11-15)26-23(17-6-7-18(28)20(13-17)30-3)24(27)25-14-16-5-8-19(29-2)21(12-16)31-4/h5-14,28H,1-4H3. The number of aromatic nitrogens is 2. The van der Waals surface area contributed by atoms with Crippen molar-refractivity contribution in [3.8, 4) is 34.3 Å². The number of hydrogen-bond acceptors (Lipinski definition) is 6. The molecule has 4 aromatic rings. The van der Waals surface area contributed by atoms with Crippen molar-refractivity contribution in [3.05, 3.63) is 65.9 Å². The third kappa shape index (κ3) is 3.90. The predicted octanol–water partition coefficient (Wildman–Crippen LogP) is 4.79. The summed E-state index contributed by atoms with van der Waals surface area (Å²) in [6.45, 7) is 2.02. The molecule has 0 fully saturated rings. The van der Waals surface area contributed by atoms with Gasteiger partial charge in [0.15, 0.2) is 28.8 Å². The third-order valence-corrected chi connectivity index (χ3v) is 4.95. The van der Waals surface area contributed by atoms with Crippen LogP contribution in [0.1, 0.15) is 11.1 Å². The van der Waals surface area contributed by atoms with Crippen LogP contribution in [0.3, 0.4) is 0 Å². The van der Waals surface area contributed by atoms with Crippen LogP contribution in [-0.2, 0) is 0 Å². The number of benzene rings is 2. The number of rotatable bonds is 6. The van der Waals surface area contributed by atoms with Gasteiger partial charge in [-0.05, 0) is 66.6 Å². The van der Waals surface area contributed by atoms with E-state index in [-0.39, 0.29) is 5.75 Å². The summed E-state index contributed by atoms with van der Waals surface area (Å²) < 4.78 is 17.9. The van der Waals surface area contributed by atoms with Crippen molar-refractivity contribution < 1.29 is 19.3 Å². The molecule has 0 aliphatic carbocycles. The number of aromatic hydroxyl groups is 1. The molecule has 0 bridgehead atoms. The van der Waals surface area contributed by atoms with Crippen LogP contribution in [0.15, 0.2) is 59.7 Å². The van der Waals surface area contributed by atoms with Gasteiger partial charge in [0.1, 0.15) is 11.3 Å². The Hall–Kier alpha value is -4.00. The molecule has 1 N–H and O–H groups in total. The zero-order valence-corrected chi connectivity index (χ0v) is 17.8. The molecular formula is C24H23N3O4. The highest BCUT2D eigenvalue weighted by atomic mass is 16.5. The van der Waals surface area contributed by atoms with E-state index in [9.17, 15) is 5.11 Å². The molecule has 2 aromatic heterocycles. The first-order valence-electron chi connectivity index (χ1n) is 9.66. The molecule has 0 spiro atoms. The lowest BCUT2D eigenvalue weighted by atomic mass is 10.1. The highest BCUT2D eigenvalue weighted by Crippen LogP contribution is 2.36. The summed E-state index contributed by atoms with van der Waals surface area (Å²) >= 11 is 0. The van der Waals surface area contributed by atoms with Crippen LogP contribution < -0.4 is 14.2 Å². The Kier molecular flexibility index (Phi) is 5.49. The number of phenolic OH excluding ortho intramolecular Hbond substituents is 1. The molecule has 158 valence electrons. The Labute approximate surface area is 180 Å². The second kappa shape index (κ2) is 8.39. The average Bonchev–Trinajstić information content (AvgIpc) is 3.15. The van der Waals surface area contributed by atoms with E-state index in [4.69, 9.17) is 24.2 Å². The van der Waals surface area contributed by atoms with Gasteiger partial charge in [0.2, 0.25) is 0 Å². The smallest absolute Gasteiger partial charge is 0.165 e. The lowest BCUT2D eigenvalue weighted by molar-refractivity contribution is 0.355. The molecule has 0 amide bonds. The van der Waals surface area contributed by atoms with Gasteiger partial charge in [0.25, 0.3) is 0 Å². The number of hydrogen-bond donors (Lipinski definition) is 1. The monoisotopic (exact) mass is 417 g/mol. The summed E-state index contributed by atoms with van der Waals surface area (Å²) in [4.78, 5) is 9.54. The molecule has 2 heterocycles. The molecule has 0 saturated heterocycles. The molecule has 0 unspecified atom stereocenters. The van der Waals surface area contributed by atoms with Crippen LogP contribution >= 0.6 is 0 Å². The van der Waals surface area contributed by atoms with Crippen LogP contribution in [0, 0.1) is 6.92 Å². The van der Waals surface area contributed by atoms with Crippen molar-refractivity contribution in [1.29, 1.82) is 0 Å². The van der Waals surface area contributed by atoms with Crippen molar-refractivity contribution in [1.82, 2.24) is 9.38 Å². The fourth-order valence-electron chi connectivity index (χ4n) is 3.34. The highest BCUT2D eigenvalue weighted by Gasteiger charge is 2.15. The van der Waals surface area contributed by atoms with Gasteiger partial charge >= 0.3 is 0 Å². The number of nitrogens with zero attached hydrogens (tertiary/aromatic N) is 3. The maximum absolute atomic E-state index is 9.97. The van der Waals surface area contributed by atoms with Gasteiger partial charge < -0.3 is 19.3 Å². The van der Waals surface area contributed by atoms with Gasteiger partial charge in [-0.15, -0.1) is 0 Å². The van der Waals surface area contributed by atoms with E-state index in [1.165, 1.54) is 7.11 Å². The maximum atomic E-state index is 9.97. The fraction of sp³-hybridized carbons (Fsp3) is 0.167. The summed E-state index contributed by atoms with van der Waals surface area (Å²) in [6.07, 6.45) is 3.70. The summed E-state index contributed by atoms with van der Waals surface area (Å²) in [5, 5.41) is 9.97. The number of methoxy groups -OCH3 is 3. The number of pyridine rings is 1. The first kappa shape index (κ1) is 20.3. The Bertz CT molecular complexity index is 1280. The Balaban J connectivity index is 1.85. The molecule has 4 rings (SSSR count). The van der Waals surface area contributed by atoms with Crippen LogP contribution in [-0.4, -0.2) is 42.0 Å². The molecule has 0 saturated carbocycles. The molecule has 31 heavy (non-hydrogen) atoms. The van der Waals surface area contributed by atoms with Crippen LogP contribution in [0.4, 0.5) is 5.82 Å². The minimum Gasteiger partial charge on any atom is -0.504 e. The molecule has 2 aromatic carbocycles. The van der Waals surface area contributed by atoms with Crippen molar-refractivity contribution >= 4 is 17.7 Å². The van der Waals surface area contributed by atoms with Crippen molar-refractivity contribution in [2.75, 3.05) is 21.3 Å². The summed E-state index contributed by atoms with van der Waals surface area (Å²) in [5.74, 6) is 2.39. The zero-order chi connectivity index (χ0) is 22.0. The SMILES string of the molecule is COc1cc(-c2nc3cc(C)ccn3c2N=Cc2ccc(OC)c(OC)c2)ccc1O. The predicted molar refractivity (Wildman–Crippen MR) is 120 cm³/mol. The van der Waals surface area contributed by atoms with E-state index >= 15 is 0 Å². The zero-order valence-electron chi connectivity index (χ0n) is 17.8. The maximum Gasteiger partial charge on any atom is 0.165 e. The number of ether oxygens (including phenoxy) is 3. The first-order chi connectivity index (χ1) is 15.0. The van der Waals surface area contributed by atoms with Crippen molar-refractivity contribution in [3.63, 3.8) is 0 Å². The van der Waals surface area contributed by atoms with E-state index in [0.29, 0.717) is 28.8 Å². The number of fused-ring (bicyclic) bond motifs is 1. The van der Waals surface area contributed by atoms with E-state index in [0.717, 1.165) is 22.3 Å². The number of phenols is 1. The molecular weight excluding hydrogens is 394 g/mol. The lowest BCUT2D eigenvalue weighted by Gasteiger charge is -2.08. The Morgan fingerprint density at radius 1 is 0.903 bits per heavy atom. The largest absolute Gasteiger partial charge is 0.504 e. The van der Waals surface area contributed by atoms with Gasteiger partial charge in [-0.25, -0.2) is 9.98 Å². The Morgan fingerprint density at radius 2 is 1.68 bits per heavy atom. The number of aliphatic imine (C=N–C) groups is 1. The topological polar surface area (TPSA) is 77.6 Å². The van der Waals surface area contributed by atoms with E-state index in [1.807, 2.05) is 47.9 Å². The minimum atomic E-state index is 0.0706. The summed E-state index contributed by atoms with van der Waals surface area (Å²) in [6, 6.07) is 14.7. The van der Waals surface area contributed by atoms with E-state index < -0.39 is 0 Å². The minimum absolute atomic E-state index is 0.0706. The lowest BCUT2D eigenvalue weighted by Crippen LogP contribution is -1.92. The molecule has 0 atom stereocenters. The molecule has 0 radical (unpaired) electrons. The molecule has 7 heteroatoms. The quantitative estimate of drug-likeness (QED) is 0.456. The number of aryl methyl sites for hydroxylation is 1. The molecule has 7 nitrogen and oxygen atoms in total. The van der Waals surface area contributed by atoms with E-state index in [2.05, 4.69) is 0 Å². The average molecular weight is 417 g/mol. The molecule has 0 aliphatic heterocycles. The normalized spacial score (nSPS) is 11.2. The fourth-order valence-corrected chi connectivity index (χ4v) is 3.34. The van der Waals surface area contributed by atoms with E-state index in [1.54, 1.807) is 38.6 Å². The second-order valence-corrected chi connectivity index (χ2v) is 6.98. The van der Waals surface area contributed by atoms with Crippen LogP contribution in [0.5, 0.6) is 23.0 Å². The van der Waals surface area contributed by atoms with Crippen molar-refractivity contribution in [2.24, 2.45) is 4.99 Å². The molecule has 0 aliphatic rings. The Morgan fingerprint density at radius 3 is 2.42 bits per heavy atom. The first-order valence-corrected chi connectivity index (χ1v) is 9.66.